The molecule has 2 aromatic carbocycles. The van der Waals surface area contributed by atoms with Gasteiger partial charge in [0.15, 0.2) is 0 Å². The highest BCUT2D eigenvalue weighted by molar-refractivity contribution is 5.85. The van der Waals surface area contributed by atoms with Crippen LogP contribution in [-0.4, -0.2) is 17.7 Å². The van der Waals surface area contributed by atoms with E-state index in [4.69, 9.17) is 4.74 Å². The zero-order valence-electron chi connectivity index (χ0n) is 12.9. The van der Waals surface area contributed by atoms with E-state index in [0.29, 0.717) is 5.75 Å². The van der Waals surface area contributed by atoms with Crippen LogP contribution in [0.25, 0.3) is 16.5 Å². The van der Waals surface area contributed by atoms with E-state index in [1.54, 1.807) is 6.20 Å². The van der Waals surface area contributed by atoms with Crippen LogP contribution in [0.3, 0.4) is 0 Å². The molecule has 0 amide bonds. The van der Waals surface area contributed by atoms with Gasteiger partial charge in [-0.25, -0.2) is 9.98 Å². The monoisotopic (exact) mass is 303 g/mol. The van der Waals surface area contributed by atoms with Gasteiger partial charge in [0.1, 0.15) is 5.75 Å². The van der Waals surface area contributed by atoms with Gasteiger partial charge in [0, 0.05) is 17.9 Å². The van der Waals surface area contributed by atoms with Crippen molar-refractivity contribution >= 4 is 29.2 Å². The van der Waals surface area contributed by atoms with E-state index < -0.39 is 0 Å². The van der Waals surface area contributed by atoms with Crippen LogP contribution in [0.4, 0.5) is 0 Å². The van der Waals surface area contributed by atoms with Crippen LogP contribution in [0.1, 0.15) is 12.5 Å². The van der Waals surface area contributed by atoms with Crippen molar-refractivity contribution in [3.8, 4) is 5.75 Å². The van der Waals surface area contributed by atoms with Gasteiger partial charge in [-0.3, -0.25) is 0 Å². The largest absolute Gasteiger partial charge is 0.424 e. The normalized spacial score (nSPS) is 12.4. The van der Waals surface area contributed by atoms with Gasteiger partial charge in [-0.15, -0.1) is 0 Å². The summed E-state index contributed by atoms with van der Waals surface area (Å²) in [6, 6.07) is 17.9. The summed E-state index contributed by atoms with van der Waals surface area (Å²) in [5.41, 5.74) is 3.24. The molecule has 0 aliphatic carbocycles. The molecule has 114 valence electrons. The van der Waals surface area contributed by atoms with Crippen molar-refractivity contribution in [2.75, 3.05) is 0 Å². The number of benzene rings is 2. The fraction of sp³-hybridized carbons (Fsp3) is 0.0526. The molecule has 1 N–H and O–H groups in total. The van der Waals surface area contributed by atoms with E-state index in [1.807, 2.05) is 49.5 Å². The number of aromatic nitrogens is 1. The number of nitrogens with one attached hydrogen (secondary N) is 1. The summed E-state index contributed by atoms with van der Waals surface area (Å²) in [6.45, 7) is 5.50. The number of aromatic amines is 1. The number of ether oxygens (including phenoxy) is 1. The summed E-state index contributed by atoms with van der Waals surface area (Å²) in [6.07, 6.45) is 3.67. The van der Waals surface area contributed by atoms with E-state index in [1.165, 1.54) is 5.39 Å². The number of allylic oxidation sites excluding steroid dienone is 1. The summed E-state index contributed by atoms with van der Waals surface area (Å²) >= 11 is 0. The highest BCUT2D eigenvalue weighted by Gasteiger charge is 2.01. The van der Waals surface area contributed by atoms with E-state index in [0.717, 1.165) is 16.7 Å². The summed E-state index contributed by atoms with van der Waals surface area (Å²) in [5, 5.41) is 1.17. The molecule has 23 heavy (non-hydrogen) atoms. The highest BCUT2D eigenvalue weighted by Crippen LogP contribution is 2.20. The number of fused-ring (bicyclic) bond motifs is 1. The minimum atomic E-state index is 0.221. The van der Waals surface area contributed by atoms with Crippen LogP contribution in [0.15, 0.2) is 77.0 Å². The molecule has 0 unspecified atom stereocenters. The first kappa shape index (κ1) is 14.8. The third kappa shape index (κ3) is 3.55. The number of rotatable bonds is 3. The Bertz CT molecular complexity index is 876. The molecule has 3 rings (SSSR count). The molecular formula is C19H17N3O. The second-order valence-corrected chi connectivity index (χ2v) is 5.08. The first-order valence-electron chi connectivity index (χ1n) is 7.28. The highest BCUT2D eigenvalue weighted by atomic mass is 16.5. The number of nitrogens with zero attached hydrogens (tertiary/aromatic N) is 2. The predicted molar refractivity (Wildman–Crippen MR) is 96.0 cm³/mol. The SMILES string of the molecule is C=NC(=N/C=C(\C)c1ccc2[nH]ccc2c1)Oc1ccccc1. The lowest BCUT2D eigenvalue weighted by atomic mass is 10.1. The summed E-state index contributed by atoms with van der Waals surface area (Å²) in [5.74, 6) is 0.679. The molecule has 0 bridgehead atoms. The topological polar surface area (TPSA) is 49.7 Å². The minimum Gasteiger partial charge on any atom is -0.424 e. The molecule has 0 aliphatic rings. The van der Waals surface area contributed by atoms with Crippen LogP contribution < -0.4 is 4.74 Å². The molecule has 1 aromatic heterocycles. The zero-order chi connectivity index (χ0) is 16.1. The Balaban J connectivity index is 1.81. The van der Waals surface area contributed by atoms with E-state index in [2.05, 4.69) is 39.9 Å². The number of hydrogen-bond acceptors (Lipinski definition) is 2. The fourth-order valence-corrected chi connectivity index (χ4v) is 2.22. The molecular weight excluding hydrogens is 286 g/mol. The number of hydrogen-bond donors (Lipinski definition) is 1. The molecule has 0 aliphatic heterocycles. The van der Waals surface area contributed by atoms with Crippen LogP contribution in [0.5, 0.6) is 5.75 Å². The number of para-hydroxylation sites is 1. The zero-order valence-corrected chi connectivity index (χ0v) is 12.9. The lowest BCUT2D eigenvalue weighted by Crippen LogP contribution is -2.03. The van der Waals surface area contributed by atoms with Gasteiger partial charge in [0.25, 0.3) is 0 Å². The lowest BCUT2D eigenvalue weighted by Gasteiger charge is -2.04. The van der Waals surface area contributed by atoms with Gasteiger partial charge in [0.2, 0.25) is 0 Å². The third-order valence-electron chi connectivity index (χ3n) is 3.46. The van der Waals surface area contributed by atoms with Crippen LogP contribution in [0.2, 0.25) is 0 Å². The van der Waals surface area contributed by atoms with Gasteiger partial charge in [0.05, 0.1) is 0 Å². The maximum atomic E-state index is 5.58. The molecule has 0 radical (unpaired) electrons. The van der Waals surface area contributed by atoms with Crippen molar-refractivity contribution < 1.29 is 4.74 Å². The molecule has 0 atom stereocenters. The van der Waals surface area contributed by atoms with Crippen molar-refractivity contribution in [3.05, 3.63) is 72.6 Å². The Morgan fingerprint density at radius 3 is 2.74 bits per heavy atom. The van der Waals surface area contributed by atoms with E-state index >= 15 is 0 Å². The smallest absolute Gasteiger partial charge is 0.321 e. The number of amidine groups is 1. The molecule has 0 spiro atoms. The quantitative estimate of drug-likeness (QED) is 0.555. The lowest BCUT2D eigenvalue weighted by molar-refractivity contribution is 0.543. The summed E-state index contributed by atoms with van der Waals surface area (Å²) < 4.78 is 5.58. The molecule has 0 fully saturated rings. The molecule has 0 saturated heterocycles. The molecule has 1 heterocycles. The van der Waals surface area contributed by atoms with E-state index in [9.17, 15) is 0 Å². The first-order chi connectivity index (χ1) is 11.3. The van der Waals surface area contributed by atoms with Gasteiger partial charge in [-0.2, -0.15) is 0 Å². The van der Waals surface area contributed by atoms with Gasteiger partial charge < -0.3 is 9.72 Å². The molecule has 3 aromatic rings. The predicted octanol–water partition coefficient (Wildman–Crippen LogP) is 4.66. The molecule has 4 heteroatoms. The van der Waals surface area contributed by atoms with Crippen molar-refractivity contribution in [1.29, 1.82) is 0 Å². The van der Waals surface area contributed by atoms with Crippen molar-refractivity contribution in [2.24, 2.45) is 9.98 Å². The number of H-pyrrole nitrogens is 1. The van der Waals surface area contributed by atoms with Crippen molar-refractivity contribution in [2.45, 2.75) is 6.92 Å². The number of aliphatic imine (C=N–C) groups is 2. The van der Waals surface area contributed by atoms with Crippen molar-refractivity contribution in [3.63, 3.8) is 0 Å². The van der Waals surface area contributed by atoms with Crippen LogP contribution in [-0.2, 0) is 0 Å². The van der Waals surface area contributed by atoms with Gasteiger partial charge >= 0.3 is 6.02 Å². The first-order valence-corrected chi connectivity index (χ1v) is 7.28. The average molecular weight is 303 g/mol. The average Bonchev–Trinajstić information content (AvgIpc) is 3.06. The Morgan fingerprint density at radius 1 is 1.13 bits per heavy atom. The van der Waals surface area contributed by atoms with Crippen LogP contribution in [0, 0.1) is 0 Å². The van der Waals surface area contributed by atoms with Gasteiger partial charge in [-0.05, 0) is 60.5 Å². The maximum Gasteiger partial charge on any atom is 0.321 e. The molecule has 4 nitrogen and oxygen atoms in total. The Labute approximate surface area is 134 Å². The van der Waals surface area contributed by atoms with Crippen molar-refractivity contribution in [1.82, 2.24) is 4.98 Å². The standard InChI is InChI=1S/C19H17N3O/c1-14(15-8-9-18-16(12-15)10-11-21-18)13-22-19(20-2)23-17-6-4-3-5-7-17/h3-13,21H,2H2,1H3/b14-13+,22-19?. The Hall–Kier alpha value is -3.14. The molecule has 0 saturated carbocycles. The maximum absolute atomic E-state index is 5.58. The second-order valence-electron chi connectivity index (χ2n) is 5.08. The van der Waals surface area contributed by atoms with E-state index in [-0.39, 0.29) is 6.02 Å². The fourth-order valence-electron chi connectivity index (χ4n) is 2.22. The van der Waals surface area contributed by atoms with Crippen LogP contribution >= 0.6 is 0 Å². The van der Waals surface area contributed by atoms with Gasteiger partial charge in [-0.1, -0.05) is 24.3 Å². The summed E-state index contributed by atoms with van der Waals surface area (Å²) in [4.78, 5) is 11.3. The Morgan fingerprint density at radius 2 is 1.96 bits per heavy atom. The minimum absolute atomic E-state index is 0.221. The Kier molecular flexibility index (Phi) is 4.34. The summed E-state index contributed by atoms with van der Waals surface area (Å²) in [7, 11) is 0. The second kappa shape index (κ2) is 6.75. The third-order valence-corrected chi connectivity index (χ3v) is 3.46.